The Bertz CT molecular complexity index is 625. The Morgan fingerprint density at radius 1 is 1.14 bits per heavy atom. The van der Waals surface area contributed by atoms with Crippen LogP contribution in [0.5, 0.6) is 11.5 Å². The number of benzene rings is 2. The number of aliphatic hydroxyl groups excluding tert-OH is 1. The zero-order valence-electron chi connectivity index (χ0n) is 12.4. The number of hydrogen-bond donors (Lipinski definition) is 1. The maximum Gasteiger partial charge on any atom is 0.122 e. The van der Waals surface area contributed by atoms with Crippen LogP contribution in [0.4, 0.5) is 0 Å². The monoisotopic (exact) mass is 306 g/mol. The van der Waals surface area contributed by atoms with Crippen molar-refractivity contribution in [2.75, 3.05) is 13.7 Å². The molecule has 0 aliphatic heterocycles. The molecule has 1 N–H and O–H groups in total. The first-order chi connectivity index (χ1) is 10.0. The van der Waals surface area contributed by atoms with Crippen LogP contribution in [-0.4, -0.2) is 18.8 Å². The van der Waals surface area contributed by atoms with E-state index in [2.05, 4.69) is 0 Å². The number of methoxy groups -OCH3 is 1. The highest BCUT2D eigenvalue weighted by atomic mass is 35.5. The van der Waals surface area contributed by atoms with Gasteiger partial charge in [-0.15, -0.1) is 0 Å². The standard InChI is InChI=1S/C17H19ClO3/c1-11-8-17(20-3)12(2)7-15(11)16(19)10-21-14-6-4-5-13(18)9-14/h4-9,16,19H,10H2,1-3H3. The molecule has 0 aliphatic rings. The molecule has 0 aliphatic carbocycles. The molecular weight excluding hydrogens is 288 g/mol. The number of aryl methyl sites for hydroxylation is 2. The molecule has 1 atom stereocenters. The van der Waals surface area contributed by atoms with Crippen molar-refractivity contribution in [3.63, 3.8) is 0 Å². The molecule has 0 spiro atoms. The molecule has 1 unspecified atom stereocenters. The lowest BCUT2D eigenvalue weighted by Crippen LogP contribution is -2.11. The van der Waals surface area contributed by atoms with Crippen LogP contribution in [0.15, 0.2) is 36.4 Å². The normalized spacial score (nSPS) is 12.0. The summed E-state index contributed by atoms with van der Waals surface area (Å²) in [6.07, 6.45) is -0.700. The predicted octanol–water partition coefficient (Wildman–Crippen LogP) is 4.08. The quantitative estimate of drug-likeness (QED) is 0.904. The molecular formula is C17H19ClO3. The number of halogens is 1. The van der Waals surface area contributed by atoms with Crippen molar-refractivity contribution < 1.29 is 14.6 Å². The van der Waals surface area contributed by atoms with Crippen molar-refractivity contribution >= 4 is 11.6 Å². The lowest BCUT2D eigenvalue weighted by Gasteiger charge is -2.17. The summed E-state index contributed by atoms with van der Waals surface area (Å²) in [6, 6.07) is 11.0. The van der Waals surface area contributed by atoms with Crippen molar-refractivity contribution in [3.05, 3.63) is 58.1 Å². The molecule has 0 aromatic heterocycles. The van der Waals surface area contributed by atoms with Gasteiger partial charge in [-0.25, -0.2) is 0 Å². The average Bonchev–Trinajstić information content (AvgIpc) is 2.46. The third kappa shape index (κ3) is 3.90. The molecule has 0 fully saturated rings. The minimum absolute atomic E-state index is 0.174. The van der Waals surface area contributed by atoms with E-state index in [1.807, 2.05) is 38.1 Å². The fourth-order valence-corrected chi connectivity index (χ4v) is 2.39. The molecule has 2 aromatic rings. The molecule has 2 rings (SSSR count). The molecule has 112 valence electrons. The molecule has 0 bridgehead atoms. The molecule has 3 nitrogen and oxygen atoms in total. The van der Waals surface area contributed by atoms with Gasteiger partial charge in [0.05, 0.1) is 7.11 Å². The van der Waals surface area contributed by atoms with Crippen molar-refractivity contribution in [1.82, 2.24) is 0 Å². The average molecular weight is 307 g/mol. The predicted molar refractivity (Wildman–Crippen MR) is 84.4 cm³/mol. The SMILES string of the molecule is COc1cc(C)c(C(O)COc2cccc(Cl)c2)cc1C. The number of ether oxygens (including phenoxy) is 2. The van der Waals surface area contributed by atoms with Gasteiger partial charge in [-0.1, -0.05) is 17.7 Å². The zero-order valence-corrected chi connectivity index (χ0v) is 13.1. The van der Waals surface area contributed by atoms with Gasteiger partial charge in [0.1, 0.15) is 24.2 Å². The van der Waals surface area contributed by atoms with E-state index < -0.39 is 6.10 Å². The second-order valence-corrected chi connectivity index (χ2v) is 5.40. The minimum atomic E-state index is -0.700. The summed E-state index contributed by atoms with van der Waals surface area (Å²) >= 11 is 5.90. The molecule has 0 heterocycles. The summed E-state index contributed by atoms with van der Waals surface area (Å²) in [7, 11) is 1.64. The van der Waals surface area contributed by atoms with E-state index >= 15 is 0 Å². The second kappa shape index (κ2) is 6.83. The maximum atomic E-state index is 10.3. The number of aliphatic hydroxyl groups is 1. The Kier molecular flexibility index (Phi) is 5.10. The van der Waals surface area contributed by atoms with E-state index in [-0.39, 0.29) is 6.61 Å². The highest BCUT2D eigenvalue weighted by Gasteiger charge is 2.14. The van der Waals surface area contributed by atoms with Gasteiger partial charge in [0.2, 0.25) is 0 Å². The van der Waals surface area contributed by atoms with Crippen molar-refractivity contribution in [3.8, 4) is 11.5 Å². The van der Waals surface area contributed by atoms with Crippen LogP contribution in [0.25, 0.3) is 0 Å². The summed E-state index contributed by atoms with van der Waals surface area (Å²) in [4.78, 5) is 0. The summed E-state index contributed by atoms with van der Waals surface area (Å²) in [5.74, 6) is 1.46. The highest BCUT2D eigenvalue weighted by molar-refractivity contribution is 6.30. The molecule has 0 amide bonds. The smallest absolute Gasteiger partial charge is 0.122 e. The van der Waals surface area contributed by atoms with E-state index in [9.17, 15) is 5.11 Å². The van der Waals surface area contributed by atoms with Gasteiger partial charge in [-0.3, -0.25) is 0 Å². The van der Waals surface area contributed by atoms with Gasteiger partial charge in [0, 0.05) is 5.02 Å². The Balaban J connectivity index is 2.10. The van der Waals surface area contributed by atoms with Crippen LogP contribution >= 0.6 is 11.6 Å². The fourth-order valence-electron chi connectivity index (χ4n) is 2.21. The van der Waals surface area contributed by atoms with Crippen LogP contribution < -0.4 is 9.47 Å². The Morgan fingerprint density at radius 3 is 2.57 bits per heavy atom. The molecule has 2 aromatic carbocycles. The molecule has 4 heteroatoms. The Morgan fingerprint density at radius 2 is 1.90 bits per heavy atom. The zero-order chi connectivity index (χ0) is 15.4. The molecule has 0 saturated carbocycles. The van der Waals surface area contributed by atoms with Gasteiger partial charge in [-0.2, -0.15) is 0 Å². The van der Waals surface area contributed by atoms with E-state index in [1.54, 1.807) is 19.2 Å². The second-order valence-electron chi connectivity index (χ2n) is 4.96. The topological polar surface area (TPSA) is 38.7 Å². The van der Waals surface area contributed by atoms with Crippen LogP contribution in [0.2, 0.25) is 5.02 Å². The van der Waals surface area contributed by atoms with E-state index in [0.717, 1.165) is 22.4 Å². The van der Waals surface area contributed by atoms with Crippen LogP contribution in [0.1, 0.15) is 22.8 Å². The van der Waals surface area contributed by atoms with E-state index in [1.165, 1.54) is 0 Å². The van der Waals surface area contributed by atoms with Gasteiger partial charge in [0.15, 0.2) is 0 Å². The van der Waals surface area contributed by atoms with E-state index in [0.29, 0.717) is 10.8 Å². The minimum Gasteiger partial charge on any atom is -0.496 e. The lowest BCUT2D eigenvalue weighted by molar-refractivity contribution is 0.107. The first-order valence-electron chi connectivity index (χ1n) is 6.73. The molecule has 21 heavy (non-hydrogen) atoms. The van der Waals surface area contributed by atoms with E-state index in [4.69, 9.17) is 21.1 Å². The number of hydrogen-bond acceptors (Lipinski definition) is 3. The van der Waals surface area contributed by atoms with Gasteiger partial charge in [0.25, 0.3) is 0 Å². The van der Waals surface area contributed by atoms with Crippen LogP contribution in [-0.2, 0) is 0 Å². The van der Waals surface area contributed by atoms with Gasteiger partial charge < -0.3 is 14.6 Å². The van der Waals surface area contributed by atoms with Crippen molar-refractivity contribution in [1.29, 1.82) is 0 Å². The van der Waals surface area contributed by atoms with Gasteiger partial charge >= 0.3 is 0 Å². The van der Waals surface area contributed by atoms with Crippen molar-refractivity contribution in [2.24, 2.45) is 0 Å². The third-order valence-corrected chi connectivity index (χ3v) is 3.58. The summed E-state index contributed by atoms with van der Waals surface area (Å²) in [5, 5.41) is 10.9. The fraction of sp³-hybridized carbons (Fsp3) is 0.294. The largest absolute Gasteiger partial charge is 0.496 e. The lowest BCUT2D eigenvalue weighted by atomic mass is 10.0. The van der Waals surface area contributed by atoms with Gasteiger partial charge in [-0.05, 0) is 60.9 Å². The maximum absolute atomic E-state index is 10.3. The van der Waals surface area contributed by atoms with Crippen LogP contribution in [0.3, 0.4) is 0 Å². The Labute approximate surface area is 130 Å². The summed E-state index contributed by atoms with van der Waals surface area (Å²) in [6.45, 7) is 4.07. The first kappa shape index (κ1) is 15.7. The Hall–Kier alpha value is -1.71. The number of rotatable bonds is 5. The van der Waals surface area contributed by atoms with Crippen molar-refractivity contribution in [2.45, 2.75) is 20.0 Å². The molecule has 0 saturated heterocycles. The highest BCUT2D eigenvalue weighted by Crippen LogP contribution is 2.27. The van der Waals surface area contributed by atoms with Crippen LogP contribution in [0, 0.1) is 13.8 Å². The molecule has 0 radical (unpaired) electrons. The summed E-state index contributed by atoms with van der Waals surface area (Å²) in [5.41, 5.74) is 2.80. The third-order valence-electron chi connectivity index (χ3n) is 3.35. The first-order valence-corrected chi connectivity index (χ1v) is 7.10. The summed E-state index contributed by atoms with van der Waals surface area (Å²) < 4.78 is 10.9.